The highest BCUT2D eigenvalue weighted by Crippen LogP contribution is 2.31. The molecule has 0 saturated carbocycles. The van der Waals surface area contributed by atoms with Gasteiger partial charge in [-0.05, 0) is 17.9 Å². The molecule has 13 heavy (non-hydrogen) atoms. The van der Waals surface area contributed by atoms with E-state index in [2.05, 4.69) is 0 Å². The van der Waals surface area contributed by atoms with E-state index in [1.165, 1.54) is 11.3 Å². The van der Waals surface area contributed by atoms with Gasteiger partial charge >= 0.3 is 0 Å². The summed E-state index contributed by atoms with van der Waals surface area (Å²) < 4.78 is 0. The molecule has 3 N–H and O–H groups in total. The summed E-state index contributed by atoms with van der Waals surface area (Å²) in [6.07, 6.45) is 1.73. The molecule has 0 aromatic carbocycles. The van der Waals surface area contributed by atoms with Crippen LogP contribution in [0, 0.1) is 5.21 Å². The van der Waals surface area contributed by atoms with Gasteiger partial charge in [0, 0.05) is 18.0 Å². The van der Waals surface area contributed by atoms with E-state index in [9.17, 15) is 5.21 Å². The van der Waals surface area contributed by atoms with Crippen LogP contribution in [0.1, 0.15) is 31.4 Å². The van der Waals surface area contributed by atoms with E-state index in [0.717, 1.165) is 23.4 Å². The lowest BCUT2D eigenvalue weighted by molar-refractivity contribution is -0.808. The Labute approximate surface area is 81.7 Å². The molecule has 0 saturated heterocycles. The molecule has 1 aromatic rings. The maximum Gasteiger partial charge on any atom is 0.191 e. The summed E-state index contributed by atoms with van der Waals surface area (Å²) in [5.41, 5.74) is 7.03. The molecule has 1 aromatic heterocycles. The largest absolute Gasteiger partial charge is 0.628 e. The van der Waals surface area contributed by atoms with Gasteiger partial charge in [0.15, 0.2) is 5.00 Å². The van der Waals surface area contributed by atoms with Crippen LogP contribution in [-0.2, 0) is 0 Å². The monoisotopic (exact) mass is 198 g/mol. The summed E-state index contributed by atoms with van der Waals surface area (Å²) in [6, 6.07) is 2.21. The van der Waals surface area contributed by atoms with Crippen LogP contribution in [0.2, 0.25) is 0 Å². The lowest BCUT2D eigenvalue weighted by Crippen LogP contribution is -3.07. The summed E-state index contributed by atoms with van der Waals surface area (Å²) in [7, 11) is 0. The summed E-state index contributed by atoms with van der Waals surface area (Å²) >= 11 is 1.53. The number of fused-ring (bicyclic) bond motifs is 1. The molecule has 3 atom stereocenters. The van der Waals surface area contributed by atoms with E-state index < -0.39 is 0 Å². The summed E-state index contributed by atoms with van der Waals surface area (Å²) in [5, 5.41) is 15.0. The van der Waals surface area contributed by atoms with Crippen molar-refractivity contribution in [2.24, 2.45) is 5.73 Å². The Balaban J connectivity index is 2.35. The van der Waals surface area contributed by atoms with Crippen LogP contribution < -0.4 is 10.8 Å². The average Bonchev–Trinajstić information content (AvgIpc) is 2.60. The van der Waals surface area contributed by atoms with E-state index in [-0.39, 0.29) is 12.1 Å². The van der Waals surface area contributed by atoms with Gasteiger partial charge in [-0.3, -0.25) is 0 Å². The van der Waals surface area contributed by atoms with Crippen molar-refractivity contribution < 1.29 is 5.06 Å². The van der Waals surface area contributed by atoms with Crippen molar-refractivity contribution in [3.8, 4) is 0 Å². The maximum absolute atomic E-state index is 11.8. The molecule has 4 heteroatoms. The zero-order valence-electron chi connectivity index (χ0n) is 7.62. The van der Waals surface area contributed by atoms with Crippen molar-refractivity contribution >= 4 is 16.3 Å². The van der Waals surface area contributed by atoms with E-state index in [4.69, 9.17) is 5.73 Å². The number of hydroxylamine groups is 1. The van der Waals surface area contributed by atoms with E-state index in [1.807, 2.05) is 18.4 Å². The minimum atomic E-state index is 0.0731. The van der Waals surface area contributed by atoms with E-state index >= 15 is 0 Å². The smallest absolute Gasteiger partial charge is 0.191 e. The van der Waals surface area contributed by atoms with Gasteiger partial charge in [-0.15, -0.1) is 0 Å². The highest BCUT2D eigenvalue weighted by molar-refractivity contribution is 7.13. The number of thiophene rings is 1. The van der Waals surface area contributed by atoms with Gasteiger partial charge in [-0.1, -0.05) is 18.3 Å². The molecule has 0 amide bonds. The van der Waals surface area contributed by atoms with Crippen LogP contribution in [-0.4, -0.2) is 6.04 Å². The van der Waals surface area contributed by atoms with Crippen molar-refractivity contribution in [3.63, 3.8) is 0 Å². The van der Waals surface area contributed by atoms with Crippen LogP contribution in [0.5, 0.6) is 0 Å². The zero-order valence-corrected chi connectivity index (χ0v) is 8.43. The third-order valence-corrected chi connectivity index (χ3v) is 3.67. The number of quaternary nitrogens is 1. The van der Waals surface area contributed by atoms with Gasteiger partial charge in [-0.25, -0.2) is 0 Å². The molecule has 0 aliphatic carbocycles. The van der Waals surface area contributed by atoms with Crippen LogP contribution in [0.4, 0.5) is 5.00 Å². The third kappa shape index (κ3) is 1.40. The van der Waals surface area contributed by atoms with Crippen molar-refractivity contribution in [3.05, 3.63) is 22.2 Å². The zero-order chi connectivity index (χ0) is 9.42. The molecular formula is C9H14N2OS. The Morgan fingerprint density at radius 3 is 3.23 bits per heavy atom. The molecule has 1 aliphatic rings. The van der Waals surface area contributed by atoms with Crippen LogP contribution >= 0.6 is 11.3 Å². The number of hydrogen-bond acceptors (Lipinski definition) is 3. The number of nitrogens with two attached hydrogens (primary N) is 1. The SMILES string of the molecule is CCC1CC(N)c2ccsc2[NH+]1[O-]. The fourth-order valence-corrected chi connectivity index (χ4v) is 2.88. The molecule has 0 radical (unpaired) electrons. The predicted octanol–water partition coefficient (Wildman–Crippen LogP) is 0.944. The van der Waals surface area contributed by atoms with Crippen molar-refractivity contribution in [2.45, 2.75) is 31.8 Å². The molecule has 0 spiro atoms. The Morgan fingerprint density at radius 2 is 2.54 bits per heavy atom. The Kier molecular flexibility index (Phi) is 2.38. The topological polar surface area (TPSA) is 53.5 Å². The fourth-order valence-electron chi connectivity index (χ4n) is 1.89. The first kappa shape index (κ1) is 9.15. The van der Waals surface area contributed by atoms with E-state index in [1.54, 1.807) is 0 Å². The summed E-state index contributed by atoms with van der Waals surface area (Å²) in [4.78, 5) is 0. The van der Waals surface area contributed by atoms with Gasteiger partial charge in [0.05, 0.1) is 6.04 Å². The first-order valence-corrected chi connectivity index (χ1v) is 5.49. The average molecular weight is 198 g/mol. The molecule has 0 fully saturated rings. The number of nitrogens with one attached hydrogen (secondary N) is 1. The Hall–Kier alpha value is -0.420. The van der Waals surface area contributed by atoms with Gasteiger partial charge in [0.1, 0.15) is 0 Å². The Bertz CT molecular complexity index is 300. The van der Waals surface area contributed by atoms with E-state index in [0.29, 0.717) is 5.06 Å². The second-order valence-corrected chi connectivity index (χ2v) is 4.43. The highest BCUT2D eigenvalue weighted by Gasteiger charge is 2.30. The highest BCUT2D eigenvalue weighted by atomic mass is 32.1. The first-order valence-electron chi connectivity index (χ1n) is 4.61. The number of rotatable bonds is 1. The molecule has 1 aliphatic heterocycles. The molecule has 3 unspecified atom stereocenters. The minimum absolute atomic E-state index is 0.0731. The molecule has 0 bridgehead atoms. The summed E-state index contributed by atoms with van der Waals surface area (Å²) in [6.45, 7) is 2.05. The number of hydrogen-bond donors (Lipinski definition) is 2. The predicted molar refractivity (Wildman–Crippen MR) is 53.9 cm³/mol. The lowest BCUT2D eigenvalue weighted by Gasteiger charge is -2.36. The second-order valence-electron chi connectivity index (χ2n) is 3.52. The molecular weight excluding hydrogens is 184 g/mol. The Morgan fingerprint density at radius 1 is 1.77 bits per heavy atom. The first-order chi connectivity index (χ1) is 6.24. The molecule has 72 valence electrons. The molecule has 2 rings (SSSR count). The normalized spacial score (nSPS) is 33.0. The van der Waals surface area contributed by atoms with Crippen molar-refractivity contribution in [2.75, 3.05) is 0 Å². The van der Waals surface area contributed by atoms with Gasteiger partial charge in [0.25, 0.3) is 0 Å². The third-order valence-electron chi connectivity index (χ3n) is 2.72. The lowest BCUT2D eigenvalue weighted by atomic mass is 9.96. The summed E-state index contributed by atoms with van der Waals surface area (Å²) in [5.74, 6) is 0. The molecule has 3 nitrogen and oxygen atoms in total. The maximum atomic E-state index is 11.8. The van der Waals surface area contributed by atoms with Crippen LogP contribution in [0.3, 0.4) is 0 Å². The standard InChI is InChI=1S/C9H14N2OS/c1-2-6-5-8(10)7-3-4-13-9(7)11(6)12/h3-4,6,8,11H,2,5,10H2,1H3. The van der Waals surface area contributed by atoms with Crippen molar-refractivity contribution in [1.82, 2.24) is 0 Å². The second kappa shape index (κ2) is 3.38. The minimum Gasteiger partial charge on any atom is -0.628 e. The van der Waals surface area contributed by atoms with Crippen LogP contribution in [0.25, 0.3) is 0 Å². The molecule has 2 heterocycles. The fraction of sp³-hybridized carbons (Fsp3) is 0.556. The van der Waals surface area contributed by atoms with Gasteiger partial charge in [-0.2, -0.15) is 0 Å². The quantitative estimate of drug-likeness (QED) is 0.660. The van der Waals surface area contributed by atoms with Crippen molar-refractivity contribution in [1.29, 1.82) is 0 Å². The van der Waals surface area contributed by atoms with Crippen LogP contribution in [0.15, 0.2) is 11.4 Å². The van der Waals surface area contributed by atoms with Gasteiger partial charge < -0.3 is 16.0 Å². The van der Waals surface area contributed by atoms with Gasteiger partial charge in [0.2, 0.25) is 0 Å².